The molecule has 0 spiro atoms. The van der Waals surface area contributed by atoms with Gasteiger partial charge in [-0.25, -0.2) is 0 Å². The van der Waals surface area contributed by atoms with Gasteiger partial charge in [0.1, 0.15) is 13.3 Å². The van der Waals surface area contributed by atoms with Crippen LogP contribution in [0, 0.1) is 20.8 Å². The number of benzene rings is 1. The Hall–Kier alpha value is -0.680. The van der Waals surface area contributed by atoms with Crippen LogP contribution in [0.2, 0.25) is 0 Å². The number of aryl methyl sites for hydroxylation is 3. The lowest BCUT2D eigenvalue weighted by Crippen LogP contribution is -1.78. The third kappa shape index (κ3) is 7.67. The van der Waals surface area contributed by atoms with Crippen LogP contribution >= 0.6 is 7.80 Å². The minimum Gasteiger partial charge on any atom is -0.0755 e. The Morgan fingerprint density at radius 1 is 0.846 bits per heavy atom. The molecule has 0 aliphatic carbocycles. The molecule has 0 aliphatic rings. The van der Waals surface area contributed by atoms with Crippen molar-refractivity contribution in [2.75, 3.05) is 13.3 Å². The van der Waals surface area contributed by atoms with Gasteiger partial charge in [0.15, 0.2) is 0 Å². The van der Waals surface area contributed by atoms with E-state index in [1.807, 2.05) is 0 Å². The maximum Gasteiger partial charge on any atom is 0.332 e. The lowest BCUT2D eigenvalue weighted by molar-refractivity contribution is 0.594. The fourth-order valence-electron chi connectivity index (χ4n) is 1.20. The van der Waals surface area contributed by atoms with Gasteiger partial charge in [-0.1, -0.05) is 39.5 Å². The van der Waals surface area contributed by atoms with Gasteiger partial charge in [0.05, 0.1) is 0 Å². The Bertz CT molecular complexity index is 238. The maximum atomic E-state index is 9.59. The van der Waals surface area contributed by atoms with Gasteiger partial charge in [-0.05, 0) is 20.8 Å². The van der Waals surface area contributed by atoms with E-state index < -0.39 is 7.80 Å². The quantitative estimate of drug-likeness (QED) is 0.580. The predicted octanol–water partition coefficient (Wildman–Crippen LogP) is 3.69. The summed E-state index contributed by atoms with van der Waals surface area (Å²) in [5.74, 6) is 0. The maximum absolute atomic E-state index is 9.59. The van der Waals surface area contributed by atoms with E-state index in [1.165, 1.54) is 16.7 Å². The van der Waals surface area contributed by atoms with Crippen molar-refractivity contribution in [3.8, 4) is 0 Å². The second kappa shape index (κ2) is 5.88. The normalized spacial score (nSPS) is 8.69. The molecule has 0 saturated carbocycles. The number of rotatable bonds is 0. The van der Waals surface area contributed by atoms with Gasteiger partial charge in [0.25, 0.3) is 0 Å². The smallest absolute Gasteiger partial charge is 0.0755 e. The first-order valence-electron chi connectivity index (χ1n) is 4.31. The fourth-order valence-corrected chi connectivity index (χ4v) is 1.20. The molecular formula is C11H18OP+. The first-order chi connectivity index (χ1) is 5.91. The summed E-state index contributed by atoms with van der Waals surface area (Å²) in [4.78, 5) is 0. The monoisotopic (exact) mass is 197 g/mol. The van der Waals surface area contributed by atoms with E-state index in [1.54, 1.807) is 13.3 Å². The van der Waals surface area contributed by atoms with E-state index in [2.05, 4.69) is 39.0 Å². The molecule has 0 heterocycles. The van der Waals surface area contributed by atoms with E-state index >= 15 is 0 Å². The topological polar surface area (TPSA) is 17.1 Å². The van der Waals surface area contributed by atoms with Crippen LogP contribution in [0.15, 0.2) is 18.2 Å². The molecule has 0 bridgehead atoms. The first kappa shape index (κ1) is 12.3. The highest BCUT2D eigenvalue weighted by Gasteiger charge is 1.87. The fraction of sp³-hybridized carbons (Fsp3) is 0.455. The second-order valence-corrected chi connectivity index (χ2v) is 5.10. The second-order valence-electron chi connectivity index (χ2n) is 3.48. The van der Waals surface area contributed by atoms with E-state index in [4.69, 9.17) is 0 Å². The summed E-state index contributed by atoms with van der Waals surface area (Å²) in [5.41, 5.74) is 4.06. The van der Waals surface area contributed by atoms with Crippen LogP contribution in [0.5, 0.6) is 0 Å². The van der Waals surface area contributed by atoms with Crippen molar-refractivity contribution in [3.63, 3.8) is 0 Å². The third-order valence-corrected chi connectivity index (χ3v) is 1.37. The average molecular weight is 197 g/mol. The van der Waals surface area contributed by atoms with Crippen molar-refractivity contribution in [1.29, 1.82) is 0 Å². The van der Waals surface area contributed by atoms with Gasteiger partial charge in [-0.2, -0.15) is 0 Å². The Balaban J connectivity index is 0.000000310. The van der Waals surface area contributed by atoms with E-state index in [0.29, 0.717) is 0 Å². The van der Waals surface area contributed by atoms with Gasteiger partial charge >= 0.3 is 7.80 Å². The third-order valence-electron chi connectivity index (χ3n) is 1.37. The highest BCUT2D eigenvalue weighted by molar-refractivity contribution is 7.42. The van der Waals surface area contributed by atoms with Gasteiger partial charge < -0.3 is 0 Å². The Morgan fingerprint density at radius 2 is 1.00 bits per heavy atom. The minimum atomic E-state index is -0.870. The Kier molecular flexibility index (Phi) is 5.57. The van der Waals surface area contributed by atoms with Gasteiger partial charge in [-0.15, -0.1) is 0 Å². The first-order valence-corrected chi connectivity index (χ1v) is 6.46. The molecule has 0 N–H and O–H groups in total. The summed E-state index contributed by atoms with van der Waals surface area (Å²) in [6, 6.07) is 6.56. The van der Waals surface area contributed by atoms with Gasteiger partial charge in [0.2, 0.25) is 0 Å². The zero-order chi connectivity index (χ0) is 10.4. The molecular weight excluding hydrogens is 179 g/mol. The van der Waals surface area contributed by atoms with Crippen LogP contribution in [-0.4, -0.2) is 13.3 Å². The van der Waals surface area contributed by atoms with E-state index in [9.17, 15) is 4.57 Å². The van der Waals surface area contributed by atoms with Crippen molar-refractivity contribution in [3.05, 3.63) is 34.9 Å². The summed E-state index contributed by atoms with van der Waals surface area (Å²) < 4.78 is 9.59. The standard InChI is InChI=1S/C9H12.C2H6OP/c1-7-4-8(2)6-9(3)5-7;1-4(2)3/h4-6H,1-3H3;1-2H3/q;+1. The molecule has 0 amide bonds. The Morgan fingerprint density at radius 3 is 1.15 bits per heavy atom. The molecule has 0 atom stereocenters. The van der Waals surface area contributed by atoms with Crippen molar-refractivity contribution >= 4 is 7.80 Å². The zero-order valence-electron chi connectivity index (χ0n) is 9.09. The number of hydrogen-bond acceptors (Lipinski definition) is 1. The lowest BCUT2D eigenvalue weighted by atomic mass is 10.1. The average Bonchev–Trinajstić information content (AvgIpc) is 1.80. The highest BCUT2D eigenvalue weighted by atomic mass is 31.1. The minimum absolute atomic E-state index is 0.870. The molecule has 1 aromatic rings. The molecule has 1 rings (SSSR count). The summed E-state index contributed by atoms with van der Waals surface area (Å²) in [6.45, 7) is 9.73. The molecule has 2 heteroatoms. The van der Waals surface area contributed by atoms with Crippen LogP contribution in [0.4, 0.5) is 0 Å². The largest absolute Gasteiger partial charge is 0.332 e. The van der Waals surface area contributed by atoms with Crippen LogP contribution in [0.3, 0.4) is 0 Å². The molecule has 13 heavy (non-hydrogen) atoms. The zero-order valence-corrected chi connectivity index (χ0v) is 9.98. The van der Waals surface area contributed by atoms with Crippen LogP contribution in [0.1, 0.15) is 16.7 Å². The molecule has 1 nitrogen and oxygen atoms in total. The Labute approximate surface area is 82.0 Å². The summed E-state index contributed by atoms with van der Waals surface area (Å²) in [5, 5.41) is 0. The molecule has 0 unspecified atom stereocenters. The summed E-state index contributed by atoms with van der Waals surface area (Å²) in [7, 11) is -0.870. The van der Waals surface area contributed by atoms with Crippen LogP contribution in [0.25, 0.3) is 0 Å². The lowest BCUT2D eigenvalue weighted by Gasteiger charge is -1.96. The van der Waals surface area contributed by atoms with Crippen molar-refractivity contribution in [1.82, 2.24) is 0 Å². The van der Waals surface area contributed by atoms with Crippen LogP contribution < -0.4 is 0 Å². The summed E-state index contributed by atoms with van der Waals surface area (Å²) in [6.07, 6.45) is 0. The predicted molar refractivity (Wildman–Crippen MR) is 60.1 cm³/mol. The molecule has 1 aromatic carbocycles. The van der Waals surface area contributed by atoms with Crippen molar-refractivity contribution in [2.24, 2.45) is 0 Å². The molecule has 0 fully saturated rings. The molecule has 0 saturated heterocycles. The van der Waals surface area contributed by atoms with E-state index in [-0.39, 0.29) is 0 Å². The highest BCUT2D eigenvalue weighted by Crippen LogP contribution is 2.06. The van der Waals surface area contributed by atoms with Crippen molar-refractivity contribution in [2.45, 2.75) is 20.8 Å². The van der Waals surface area contributed by atoms with E-state index in [0.717, 1.165) is 0 Å². The van der Waals surface area contributed by atoms with Gasteiger partial charge in [0, 0.05) is 0 Å². The molecule has 0 aromatic heterocycles. The number of hydrogen-bond donors (Lipinski definition) is 0. The SMILES string of the molecule is C[P+](C)=O.Cc1cc(C)cc(C)c1. The molecule has 0 radical (unpaired) electrons. The molecule has 0 aliphatic heterocycles. The van der Waals surface area contributed by atoms with Gasteiger partial charge in [-0.3, -0.25) is 0 Å². The molecule has 72 valence electrons. The summed E-state index contributed by atoms with van der Waals surface area (Å²) >= 11 is 0. The van der Waals surface area contributed by atoms with Crippen LogP contribution in [-0.2, 0) is 4.57 Å². The van der Waals surface area contributed by atoms with Crippen molar-refractivity contribution < 1.29 is 4.57 Å².